The van der Waals surface area contributed by atoms with Crippen LogP contribution >= 0.6 is 22.7 Å². The van der Waals surface area contributed by atoms with Crippen LogP contribution in [-0.2, 0) is 0 Å². The van der Waals surface area contributed by atoms with Gasteiger partial charge in [0.1, 0.15) is 23.0 Å². The third-order valence-electron chi connectivity index (χ3n) is 12.7. The third kappa shape index (κ3) is 36.4. The summed E-state index contributed by atoms with van der Waals surface area (Å²) in [6, 6.07) is 2.93. The molecule has 10 aromatic heterocycles. The Morgan fingerprint density at radius 2 is 0.755 bits per heavy atom. The Bertz CT molecular complexity index is 3210. The molecule has 0 fully saturated rings. The minimum absolute atomic E-state index is 0.0405. The van der Waals surface area contributed by atoms with Crippen molar-refractivity contribution >= 4 is 22.7 Å². The highest BCUT2D eigenvalue weighted by atomic mass is 32.1. The molecule has 11 heterocycles. The van der Waals surface area contributed by atoms with Crippen molar-refractivity contribution in [3.63, 3.8) is 0 Å². The fourth-order valence-corrected chi connectivity index (χ4v) is 7.80. The van der Waals surface area contributed by atoms with E-state index in [1.165, 1.54) is 46.2 Å². The monoisotopic (exact) mass is 1350 g/mol. The molecule has 1 aliphatic rings. The highest BCUT2D eigenvalue weighted by Gasteiger charge is 2.16. The summed E-state index contributed by atoms with van der Waals surface area (Å²) in [5.74, 6) is 7.72. The van der Waals surface area contributed by atoms with Gasteiger partial charge < -0.3 is 37.8 Å². The summed E-state index contributed by atoms with van der Waals surface area (Å²) >= 11 is 2.57. The van der Waals surface area contributed by atoms with E-state index in [0.717, 1.165) is 46.1 Å². The number of nitrogens with one attached hydrogen (secondary N) is 10. The van der Waals surface area contributed by atoms with Crippen LogP contribution in [0.4, 0.5) is 0 Å². The average molecular weight is 1350 g/mol. The van der Waals surface area contributed by atoms with Crippen LogP contribution in [0.15, 0.2) is 131 Å². The van der Waals surface area contributed by atoms with Crippen molar-refractivity contribution in [1.29, 1.82) is 0 Å². The first-order chi connectivity index (χ1) is 44.2. The maximum absolute atomic E-state index is 10.6. The number of oxazole rings is 2. The second kappa shape index (κ2) is 45.5. The second-order valence-corrected chi connectivity index (χ2v) is 26.6. The molecular formula is C64H104N18O10S2. The molecule has 10 aromatic rings. The lowest BCUT2D eigenvalue weighted by molar-refractivity contribution is 0.367. The third-order valence-corrected chi connectivity index (χ3v) is 14.9. The highest BCUT2D eigenvalue weighted by Crippen LogP contribution is 2.18. The lowest BCUT2D eigenvalue weighted by atomic mass is 9.97. The van der Waals surface area contributed by atoms with Gasteiger partial charge in [-0.05, 0) is 41.4 Å². The molecular weight excluding hydrogens is 1240 g/mol. The van der Waals surface area contributed by atoms with Gasteiger partial charge in [0.05, 0.1) is 49.5 Å². The molecule has 0 unspecified atom stereocenters. The molecule has 94 heavy (non-hydrogen) atoms. The molecule has 0 saturated carbocycles. The lowest BCUT2D eigenvalue weighted by Crippen LogP contribution is -2.10. The molecule has 0 aromatic carbocycles. The van der Waals surface area contributed by atoms with Gasteiger partial charge in [0.25, 0.3) is 11.1 Å². The average Bonchev–Trinajstić information content (AvgIpc) is 3.57. The SMILES string of the molecule is CC(C)C1CN=NC1.CC(C)c1c[nH]c(=O)o1.CC(C)c1c[nH]c(=O)o1.CC(C)c1c[nH]c(=O)s1.CC(C)c1c[nH]c(=O)s1.CC(C)c1cc(=O)[nH]o1.CC(C)c1cc(=O)[nH]o1.CC(C)c1cn[nH]n1.CC(C)c1cn[nH]n1.CC(C)c1cnc[nH]1.CC(C)c1cnc[nH]1. The molecule has 30 heteroatoms. The van der Waals surface area contributed by atoms with Crippen molar-refractivity contribution in [1.82, 2.24) is 81.0 Å². The van der Waals surface area contributed by atoms with E-state index < -0.39 is 0 Å². The molecule has 11 rings (SSSR count). The van der Waals surface area contributed by atoms with Crippen LogP contribution in [0.25, 0.3) is 0 Å². The van der Waals surface area contributed by atoms with Crippen LogP contribution in [-0.4, -0.2) is 94.1 Å². The van der Waals surface area contributed by atoms with E-state index in [9.17, 15) is 28.8 Å². The first-order valence-corrected chi connectivity index (χ1v) is 33.0. The number of hydrogen-bond donors (Lipinski definition) is 10. The number of aromatic amines is 10. The van der Waals surface area contributed by atoms with Gasteiger partial charge in [0.15, 0.2) is 0 Å². The fourth-order valence-electron chi connectivity index (χ4n) is 6.43. The second-order valence-electron chi connectivity index (χ2n) is 24.6. The maximum atomic E-state index is 10.6. The van der Waals surface area contributed by atoms with Crippen LogP contribution in [0.5, 0.6) is 0 Å². The summed E-state index contributed by atoms with van der Waals surface area (Å²) in [5, 5.41) is 32.5. The quantitative estimate of drug-likeness (QED) is 0.0575. The van der Waals surface area contributed by atoms with Crippen LogP contribution < -0.4 is 32.4 Å². The Hall–Kier alpha value is -8.80. The molecule has 0 spiro atoms. The standard InChI is InChI=1S/2C6H10N2.C6H12N2.4C6H9NO2.2C6H9NOS.2C5H9N3/c2*1-5(2)6-3-7-4-8-6;1-5(2)6-3-7-8-4-6;2*1-4(2)5-3-7-6(8)9-5;2*1-4(2)5-3-6(8)7-9-5;2*1-4(2)5-3-7-6(8)9-5;2*1-4(2)5-3-6-8-7-5/h2*3-5H,1-2H3,(H,7,8);5-6H,3-4H2,1-2H3;6*3-4H,1-2H3,(H,7,8);2*3-4H,1-2H3,(H,6,7,8). The molecule has 0 atom stereocenters. The van der Waals surface area contributed by atoms with E-state index >= 15 is 0 Å². The van der Waals surface area contributed by atoms with Crippen molar-refractivity contribution in [3.8, 4) is 0 Å². The van der Waals surface area contributed by atoms with Crippen molar-refractivity contribution in [2.75, 3.05) is 13.1 Å². The van der Waals surface area contributed by atoms with E-state index in [1.807, 2.05) is 67.8 Å². The first-order valence-electron chi connectivity index (χ1n) is 31.3. The van der Waals surface area contributed by atoms with Gasteiger partial charge in [0, 0.05) is 100 Å². The van der Waals surface area contributed by atoms with E-state index in [4.69, 9.17) is 17.9 Å². The number of imidazole rings is 2. The van der Waals surface area contributed by atoms with Gasteiger partial charge in [-0.15, -0.1) is 0 Å². The van der Waals surface area contributed by atoms with Gasteiger partial charge in [-0.2, -0.15) is 51.4 Å². The Morgan fingerprint density at radius 1 is 0.404 bits per heavy atom. The zero-order valence-corrected chi connectivity index (χ0v) is 60.4. The van der Waals surface area contributed by atoms with Gasteiger partial charge in [-0.1, -0.05) is 175 Å². The smallest absolute Gasteiger partial charge is 0.413 e. The molecule has 522 valence electrons. The highest BCUT2D eigenvalue weighted by molar-refractivity contribution is 7.09. The Labute approximate surface area is 556 Å². The fraction of sp³-hybridized carbons (Fsp3) is 0.562. The molecule has 1 aliphatic heterocycles. The van der Waals surface area contributed by atoms with E-state index in [-0.39, 0.29) is 56.0 Å². The van der Waals surface area contributed by atoms with Gasteiger partial charge in [0.2, 0.25) is 0 Å². The van der Waals surface area contributed by atoms with Crippen LogP contribution in [0.2, 0.25) is 0 Å². The number of thiazole rings is 2. The van der Waals surface area contributed by atoms with E-state index in [0.29, 0.717) is 58.5 Å². The number of rotatable bonds is 11. The summed E-state index contributed by atoms with van der Waals surface area (Å²) in [6.07, 6.45) is 17.3. The first kappa shape index (κ1) is 83.2. The largest absolute Gasteiger partial charge is 0.416 e. The van der Waals surface area contributed by atoms with Crippen LogP contribution in [0.1, 0.15) is 267 Å². The van der Waals surface area contributed by atoms with Crippen LogP contribution in [0.3, 0.4) is 0 Å². The van der Waals surface area contributed by atoms with Crippen LogP contribution in [0, 0.1) is 11.8 Å². The van der Waals surface area contributed by atoms with Gasteiger partial charge in [-0.3, -0.25) is 29.1 Å². The van der Waals surface area contributed by atoms with Gasteiger partial charge >= 0.3 is 21.3 Å². The molecule has 0 amide bonds. The number of azo groups is 1. The minimum Gasteiger partial charge on any atom is -0.413 e. The molecule has 10 N–H and O–H groups in total. The van der Waals surface area contributed by atoms with Gasteiger partial charge in [-0.25, -0.2) is 19.6 Å². The topological polar surface area (TPSA) is 415 Å². The van der Waals surface area contributed by atoms with Crippen molar-refractivity contribution in [2.24, 2.45) is 22.1 Å². The maximum Gasteiger partial charge on any atom is 0.416 e. The van der Waals surface area contributed by atoms with Crippen molar-refractivity contribution < 1.29 is 17.9 Å². The number of hydrogen-bond acceptors (Lipinski definition) is 20. The predicted octanol–water partition coefficient (Wildman–Crippen LogP) is 14.1. The van der Waals surface area contributed by atoms with E-state index in [2.05, 4.69) is 188 Å². The summed E-state index contributed by atoms with van der Waals surface area (Å²) in [5.41, 5.74) is 4.10. The molecule has 28 nitrogen and oxygen atoms in total. The Kier molecular flexibility index (Phi) is 40.3. The molecule has 0 saturated heterocycles. The summed E-state index contributed by atoms with van der Waals surface area (Å²) in [7, 11) is 0. The molecule has 0 radical (unpaired) electrons. The minimum atomic E-state index is -0.376. The zero-order chi connectivity index (χ0) is 71.0. The summed E-state index contributed by atoms with van der Waals surface area (Å²) in [4.78, 5) is 89.0. The van der Waals surface area contributed by atoms with Crippen molar-refractivity contribution in [3.05, 3.63) is 191 Å². The van der Waals surface area contributed by atoms with E-state index in [1.54, 1.807) is 49.8 Å². The lowest BCUT2D eigenvalue weighted by Gasteiger charge is -2.08. The number of aromatic nitrogens is 16. The Morgan fingerprint density at radius 3 is 0.883 bits per heavy atom. The predicted molar refractivity (Wildman–Crippen MR) is 371 cm³/mol. The normalized spacial score (nSPS) is 11.4. The number of H-pyrrole nitrogens is 10. The summed E-state index contributed by atoms with van der Waals surface area (Å²) in [6.45, 7) is 47.2. The van der Waals surface area contributed by atoms with Crippen molar-refractivity contribution in [2.45, 2.75) is 212 Å². The number of nitrogens with zero attached hydrogens (tertiary/aromatic N) is 8. The molecule has 0 bridgehead atoms. The Balaban J connectivity index is 0.000000517. The summed E-state index contributed by atoms with van der Waals surface area (Å²) < 4.78 is 19.0. The zero-order valence-electron chi connectivity index (χ0n) is 58.7. The molecule has 0 aliphatic carbocycles.